The second-order valence-corrected chi connectivity index (χ2v) is 7.47. The van der Waals surface area contributed by atoms with Crippen LogP contribution in [0.2, 0.25) is 5.02 Å². The van der Waals surface area contributed by atoms with Crippen molar-refractivity contribution in [2.75, 3.05) is 5.32 Å². The summed E-state index contributed by atoms with van der Waals surface area (Å²) in [5.41, 5.74) is 6.65. The highest BCUT2D eigenvalue weighted by molar-refractivity contribution is 6.31. The molecule has 138 valence electrons. The molecule has 4 nitrogen and oxygen atoms in total. The van der Waals surface area contributed by atoms with Crippen LogP contribution in [0.4, 0.5) is 5.69 Å². The number of aromatic nitrogens is 2. The van der Waals surface area contributed by atoms with Gasteiger partial charge in [-0.15, -0.1) is 0 Å². The number of carbonyl (C=O) groups excluding carboxylic acids is 1. The second kappa shape index (κ2) is 7.20. The van der Waals surface area contributed by atoms with Gasteiger partial charge in [-0.2, -0.15) is 5.10 Å². The second-order valence-electron chi connectivity index (χ2n) is 7.09. The number of carbonyl (C=O) groups is 1. The fourth-order valence-corrected chi connectivity index (χ4v) is 3.79. The summed E-state index contributed by atoms with van der Waals surface area (Å²) in [6.07, 6.45) is 4.70. The van der Waals surface area contributed by atoms with E-state index < -0.39 is 0 Å². The van der Waals surface area contributed by atoms with Crippen molar-refractivity contribution in [2.45, 2.75) is 39.5 Å². The van der Waals surface area contributed by atoms with Crippen LogP contribution in [0.3, 0.4) is 0 Å². The molecule has 2 aromatic carbocycles. The molecule has 0 saturated heterocycles. The molecule has 5 heteroatoms. The summed E-state index contributed by atoms with van der Waals surface area (Å²) >= 11 is 6.25. The number of nitrogens with zero attached hydrogens (tertiary/aromatic N) is 2. The van der Waals surface area contributed by atoms with E-state index in [1.807, 2.05) is 44.2 Å². The molecule has 1 heterocycles. The van der Waals surface area contributed by atoms with Gasteiger partial charge in [-0.25, -0.2) is 4.68 Å². The molecular formula is C22H22ClN3O. The first-order valence-electron chi connectivity index (χ1n) is 9.28. The molecule has 0 atom stereocenters. The van der Waals surface area contributed by atoms with Crippen molar-refractivity contribution in [3.8, 4) is 5.69 Å². The molecule has 3 aromatic rings. The van der Waals surface area contributed by atoms with Crippen molar-refractivity contribution in [1.29, 1.82) is 0 Å². The van der Waals surface area contributed by atoms with E-state index in [1.165, 1.54) is 24.0 Å². The average Bonchev–Trinajstić information content (AvgIpc) is 2.95. The Labute approximate surface area is 164 Å². The normalized spacial score (nSPS) is 13.3. The third kappa shape index (κ3) is 3.50. The number of aryl methyl sites for hydroxylation is 3. The molecule has 1 N–H and O–H groups in total. The Morgan fingerprint density at radius 3 is 2.59 bits per heavy atom. The number of nitrogens with one attached hydrogen (secondary N) is 1. The summed E-state index contributed by atoms with van der Waals surface area (Å²) in [5, 5.41) is 8.14. The van der Waals surface area contributed by atoms with Crippen molar-refractivity contribution >= 4 is 23.2 Å². The van der Waals surface area contributed by atoms with Crippen molar-refractivity contribution in [3.63, 3.8) is 0 Å². The molecule has 0 saturated carbocycles. The van der Waals surface area contributed by atoms with Gasteiger partial charge in [-0.1, -0.05) is 23.7 Å². The molecule has 0 bridgehead atoms. The number of fused-ring (bicyclic) bond motifs is 1. The molecule has 4 rings (SSSR count). The first-order valence-corrected chi connectivity index (χ1v) is 9.66. The number of benzene rings is 2. The Kier molecular flexibility index (Phi) is 4.75. The molecule has 1 amide bonds. The van der Waals surface area contributed by atoms with Crippen LogP contribution in [0.1, 0.15) is 45.7 Å². The van der Waals surface area contributed by atoms with Crippen LogP contribution in [0, 0.1) is 13.8 Å². The summed E-state index contributed by atoms with van der Waals surface area (Å²) in [6, 6.07) is 13.7. The van der Waals surface area contributed by atoms with Gasteiger partial charge in [0.05, 0.1) is 22.1 Å². The first-order chi connectivity index (χ1) is 13.0. The smallest absolute Gasteiger partial charge is 0.255 e. The van der Waals surface area contributed by atoms with Crippen molar-refractivity contribution in [2.24, 2.45) is 0 Å². The van der Waals surface area contributed by atoms with Crippen LogP contribution >= 0.6 is 11.6 Å². The van der Waals surface area contributed by atoms with Gasteiger partial charge in [0, 0.05) is 11.3 Å². The zero-order chi connectivity index (χ0) is 19.0. The molecule has 0 radical (unpaired) electrons. The van der Waals surface area contributed by atoms with Crippen LogP contribution in [0.15, 0.2) is 42.5 Å². The zero-order valence-electron chi connectivity index (χ0n) is 15.6. The average molecular weight is 380 g/mol. The molecule has 0 aliphatic heterocycles. The SMILES string of the molecule is Cc1nn(-c2cccc(C(=O)Nc3ccc4c(c3)CCCC4)c2)c(C)c1Cl. The lowest BCUT2D eigenvalue weighted by molar-refractivity contribution is 0.102. The summed E-state index contributed by atoms with van der Waals surface area (Å²) in [6.45, 7) is 3.79. The standard InChI is InChI=1S/C22H22ClN3O/c1-14-21(23)15(2)26(25-14)20-9-5-8-18(13-20)22(27)24-19-11-10-16-6-3-4-7-17(16)12-19/h5,8-13H,3-4,6-7H2,1-2H3,(H,24,27). The van der Waals surface area contributed by atoms with Gasteiger partial charge in [0.15, 0.2) is 0 Å². The Hall–Kier alpha value is -2.59. The van der Waals surface area contributed by atoms with Crippen LogP contribution in [0.5, 0.6) is 0 Å². The van der Waals surface area contributed by atoms with Crippen LogP contribution in [-0.4, -0.2) is 15.7 Å². The first kappa shape index (κ1) is 17.8. The predicted octanol–water partition coefficient (Wildman–Crippen LogP) is 5.27. The summed E-state index contributed by atoms with van der Waals surface area (Å²) < 4.78 is 1.77. The van der Waals surface area contributed by atoms with E-state index in [9.17, 15) is 4.79 Å². The number of halogens is 1. The zero-order valence-corrected chi connectivity index (χ0v) is 16.3. The minimum absolute atomic E-state index is 0.125. The number of hydrogen-bond donors (Lipinski definition) is 1. The van der Waals surface area contributed by atoms with Gasteiger partial charge in [-0.05, 0) is 81.0 Å². The monoisotopic (exact) mass is 379 g/mol. The molecule has 27 heavy (non-hydrogen) atoms. The van der Waals surface area contributed by atoms with Gasteiger partial charge in [0.2, 0.25) is 0 Å². The van der Waals surface area contributed by atoms with E-state index in [0.29, 0.717) is 10.6 Å². The summed E-state index contributed by atoms with van der Waals surface area (Å²) in [4.78, 5) is 12.8. The Bertz CT molecular complexity index is 1020. The van der Waals surface area contributed by atoms with Crippen LogP contribution < -0.4 is 5.32 Å². The highest BCUT2D eigenvalue weighted by Gasteiger charge is 2.14. The Morgan fingerprint density at radius 1 is 1.07 bits per heavy atom. The molecule has 1 aliphatic rings. The maximum Gasteiger partial charge on any atom is 0.255 e. The fraction of sp³-hybridized carbons (Fsp3) is 0.273. The largest absolute Gasteiger partial charge is 0.322 e. The maximum atomic E-state index is 12.8. The van der Waals surface area contributed by atoms with Crippen molar-refractivity contribution < 1.29 is 4.79 Å². The third-order valence-electron chi connectivity index (χ3n) is 5.16. The number of rotatable bonds is 3. The van der Waals surface area contributed by atoms with E-state index in [4.69, 9.17) is 11.6 Å². The topological polar surface area (TPSA) is 46.9 Å². The van der Waals surface area contributed by atoms with Gasteiger partial charge < -0.3 is 5.32 Å². The lowest BCUT2D eigenvalue weighted by Gasteiger charge is -2.17. The Balaban J connectivity index is 1.58. The van der Waals surface area contributed by atoms with Gasteiger partial charge in [0.1, 0.15) is 0 Å². The van der Waals surface area contributed by atoms with Gasteiger partial charge >= 0.3 is 0 Å². The molecule has 1 aliphatic carbocycles. The van der Waals surface area contributed by atoms with Gasteiger partial charge in [-0.3, -0.25) is 4.79 Å². The number of amides is 1. The van der Waals surface area contributed by atoms with Crippen LogP contribution in [0.25, 0.3) is 5.69 Å². The third-order valence-corrected chi connectivity index (χ3v) is 5.71. The quantitative estimate of drug-likeness (QED) is 0.673. The lowest BCUT2D eigenvalue weighted by Crippen LogP contribution is -2.13. The number of hydrogen-bond acceptors (Lipinski definition) is 2. The minimum atomic E-state index is -0.125. The minimum Gasteiger partial charge on any atom is -0.322 e. The maximum absolute atomic E-state index is 12.8. The highest BCUT2D eigenvalue weighted by Crippen LogP contribution is 2.25. The number of anilines is 1. The molecule has 0 unspecified atom stereocenters. The van der Waals surface area contributed by atoms with Gasteiger partial charge in [0.25, 0.3) is 5.91 Å². The van der Waals surface area contributed by atoms with E-state index >= 15 is 0 Å². The van der Waals surface area contributed by atoms with Crippen molar-refractivity contribution in [1.82, 2.24) is 9.78 Å². The van der Waals surface area contributed by atoms with E-state index in [2.05, 4.69) is 22.5 Å². The lowest BCUT2D eigenvalue weighted by atomic mass is 9.91. The van der Waals surface area contributed by atoms with Crippen molar-refractivity contribution in [3.05, 3.63) is 75.6 Å². The summed E-state index contributed by atoms with van der Waals surface area (Å²) in [5.74, 6) is -0.125. The van der Waals surface area contributed by atoms with E-state index in [-0.39, 0.29) is 5.91 Å². The predicted molar refractivity (Wildman–Crippen MR) is 109 cm³/mol. The Morgan fingerprint density at radius 2 is 1.85 bits per heavy atom. The summed E-state index contributed by atoms with van der Waals surface area (Å²) in [7, 11) is 0. The molecule has 0 fully saturated rings. The van der Waals surface area contributed by atoms with Crippen LogP contribution in [-0.2, 0) is 12.8 Å². The van der Waals surface area contributed by atoms with E-state index in [0.717, 1.165) is 35.6 Å². The highest BCUT2D eigenvalue weighted by atomic mass is 35.5. The molecule has 1 aromatic heterocycles. The molecular weight excluding hydrogens is 358 g/mol. The fourth-order valence-electron chi connectivity index (χ4n) is 3.67. The van der Waals surface area contributed by atoms with E-state index in [1.54, 1.807) is 4.68 Å². The molecule has 0 spiro atoms.